The lowest BCUT2D eigenvalue weighted by Crippen LogP contribution is -2.02. The van der Waals surface area contributed by atoms with Crippen molar-refractivity contribution in [2.75, 3.05) is 20.5 Å². The highest BCUT2D eigenvalue weighted by molar-refractivity contribution is 7.98. The van der Waals surface area contributed by atoms with E-state index in [4.69, 9.17) is 9.47 Å². The Kier molecular flexibility index (Phi) is 5.01. The van der Waals surface area contributed by atoms with Crippen LogP contribution in [0.3, 0.4) is 0 Å². The highest BCUT2D eigenvalue weighted by Gasteiger charge is 2.24. The van der Waals surface area contributed by atoms with Crippen LogP contribution < -0.4 is 9.47 Å². The lowest BCUT2D eigenvalue weighted by molar-refractivity contribution is 0.359. The Balaban J connectivity index is 2.06. The van der Waals surface area contributed by atoms with E-state index < -0.39 is 11.6 Å². The van der Waals surface area contributed by atoms with Crippen LogP contribution in [0.15, 0.2) is 35.9 Å². The molecule has 0 radical (unpaired) electrons. The Morgan fingerprint density at radius 3 is 2.31 bits per heavy atom. The smallest absolute Gasteiger partial charge is 0.187 e. The lowest BCUT2D eigenvalue weighted by atomic mass is 10.0. The first-order valence-electron chi connectivity index (χ1n) is 8.38. The lowest BCUT2D eigenvalue weighted by Gasteiger charge is -2.14. The van der Waals surface area contributed by atoms with E-state index in [1.165, 1.54) is 32.0 Å². The van der Waals surface area contributed by atoms with Crippen LogP contribution in [0, 0.1) is 11.6 Å². The topological polar surface area (TPSA) is 85.8 Å². The number of rotatable bonds is 5. The number of thioether (sulfide) groups is 1. The summed E-state index contributed by atoms with van der Waals surface area (Å²) >= 11 is 1.38. The van der Waals surface area contributed by atoms with Crippen LogP contribution in [0.4, 0.5) is 8.78 Å². The van der Waals surface area contributed by atoms with Gasteiger partial charge in [-0.25, -0.2) is 23.7 Å². The predicted molar refractivity (Wildman–Crippen MR) is 105 cm³/mol. The Labute approximate surface area is 168 Å². The standard InChI is InChI=1S/C19H15F2N5O2S/c1-27-12-5-13(28-2)16(21)14(15(12)20)11-4-9-6-22-19(29-3)26-17(9)18(25-11)10-7-23-24-8-10/h4-8H,1-3H3,(H,23,24). The van der Waals surface area contributed by atoms with Crippen molar-refractivity contribution in [1.82, 2.24) is 25.1 Å². The van der Waals surface area contributed by atoms with Crippen molar-refractivity contribution in [3.63, 3.8) is 0 Å². The van der Waals surface area contributed by atoms with Gasteiger partial charge in [0.2, 0.25) is 0 Å². The molecule has 29 heavy (non-hydrogen) atoms. The van der Waals surface area contributed by atoms with Crippen molar-refractivity contribution in [2.45, 2.75) is 5.16 Å². The van der Waals surface area contributed by atoms with Gasteiger partial charge in [0.1, 0.15) is 11.2 Å². The van der Waals surface area contributed by atoms with Gasteiger partial charge in [-0.15, -0.1) is 0 Å². The van der Waals surface area contributed by atoms with E-state index in [-0.39, 0.29) is 22.8 Å². The second kappa shape index (κ2) is 7.63. The van der Waals surface area contributed by atoms with E-state index in [9.17, 15) is 0 Å². The van der Waals surface area contributed by atoms with Gasteiger partial charge in [0.05, 0.1) is 31.7 Å². The molecule has 0 saturated heterocycles. The van der Waals surface area contributed by atoms with Crippen LogP contribution in [0.25, 0.3) is 33.4 Å². The van der Waals surface area contributed by atoms with Crippen molar-refractivity contribution < 1.29 is 18.3 Å². The molecule has 7 nitrogen and oxygen atoms in total. The fourth-order valence-electron chi connectivity index (χ4n) is 2.94. The van der Waals surface area contributed by atoms with Crippen LogP contribution >= 0.6 is 11.8 Å². The van der Waals surface area contributed by atoms with Crippen LogP contribution in [0.1, 0.15) is 0 Å². The number of hydrogen-bond donors (Lipinski definition) is 1. The molecule has 148 valence electrons. The van der Waals surface area contributed by atoms with E-state index >= 15 is 8.78 Å². The molecule has 1 N–H and O–H groups in total. The van der Waals surface area contributed by atoms with Crippen molar-refractivity contribution in [1.29, 1.82) is 0 Å². The highest BCUT2D eigenvalue weighted by Crippen LogP contribution is 2.39. The average molecular weight is 415 g/mol. The van der Waals surface area contributed by atoms with E-state index in [2.05, 4.69) is 25.1 Å². The summed E-state index contributed by atoms with van der Waals surface area (Å²) in [5.41, 5.74) is 1.29. The van der Waals surface area contributed by atoms with Crippen LogP contribution in [0.5, 0.6) is 11.5 Å². The maximum atomic E-state index is 15.0. The Morgan fingerprint density at radius 1 is 1.00 bits per heavy atom. The molecule has 0 aliphatic rings. The minimum atomic E-state index is -0.877. The first-order valence-corrected chi connectivity index (χ1v) is 9.61. The zero-order chi connectivity index (χ0) is 20.5. The molecule has 4 aromatic rings. The average Bonchev–Trinajstić information content (AvgIpc) is 3.28. The van der Waals surface area contributed by atoms with Gasteiger partial charge in [0.25, 0.3) is 0 Å². The molecule has 1 aromatic carbocycles. The summed E-state index contributed by atoms with van der Waals surface area (Å²) < 4.78 is 40.1. The summed E-state index contributed by atoms with van der Waals surface area (Å²) in [6, 6.07) is 2.68. The number of nitrogens with zero attached hydrogens (tertiary/aromatic N) is 4. The van der Waals surface area contributed by atoms with E-state index in [0.29, 0.717) is 27.3 Å². The maximum Gasteiger partial charge on any atom is 0.187 e. The summed E-state index contributed by atoms with van der Waals surface area (Å²) in [5.74, 6) is -2.06. The number of H-pyrrole nitrogens is 1. The Morgan fingerprint density at radius 2 is 1.72 bits per heavy atom. The molecule has 4 rings (SSSR count). The molecule has 10 heteroatoms. The van der Waals surface area contributed by atoms with E-state index in [1.54, 1.807) is 18.6 Å². The summed E-state index contributed by atoms with van der Waals surface area (Å²) in [5, 5.41) is 7.78. The third-order valence-corrected chi connectivity index (χ3v) is 4.89. The first kappa shape index (κ1) is 19.1. The van der Waals surface area contributed by atoms with Gasteiger partial charge in [-0.3, -0.25) is 5.10 Å². The fourth-order valence-corrected chi connectivity index (χ4v) is 3.28. The molecule has 0 unspecified atom stereocenters. The fraction of sp³-hybridized carbons (Fsp3) is 0.158. The Hall–Kier alpha value is -3.27. The quantitative estimate of drug-likeness (QED) is 0.388. The SMILES string of the molecule is COc1cc(OC)c(F)c(-c2cc3cnc(SC)nc3c(-c3cn[nH]c3)n2)c1F. The summed E-state index contributed by atoms with van der Waals surface area (Å²) in [6.07, 6.45) is 6.64. The van der Waals surface area contributed by atoms with Gasteiger partial charge < -0.3 is 9.47 Å². The highest BCUT2D eigenvalue weighted by atomic mass is 32.2. The molecule has 0 amide bonds. The third-order valence-electron chi connectivity index (χ3n) is 4.33. The van der Waals surface area contributed by atoms with Crippen LogP contribution in [-0.4, -0.2) is 45.6 Å². The number of methoxy groups -OCH3 is 2. The summed E-state index contributed by atoms with van der Waals surface area (Å²) in [4.78, 5) is 13.3. The van der Waals surface area contributed by atoms with Crippen molar-refractivity contribution in [3.8, 4) is 34.0 Å². The molecule has 0 aliphatic carbocycles. The third kappa shape index (κ3) is 3.25. The number of aromatic nitrogens is 5. The number of halogens is 2. The van der Waals surface area contributed by atoms with Crippen molar-refractivity contribution in [3.05, 3.63) is 42.4 Å². The minimum Gasteiger partial charge on any atom is -0.494 e. The molecular formula is C19H15F2N5O2S. The largest absolute Gasteiger partial charge is 0.494 e. The van der Waals surface area contributed by atoms with Gasteiger partial charge in [0, 0.05) is 29.4 Å². The monoisotopic (exact) mass is 415 g/mol. The predicted octanol–water partition coefficient (Wildman–Crippen LogP) is 4.10. The summed E-state index contributed by atoms with van der Waals surface area (Å²) in [6.45, 7) is 0. The van der Waals surface area contributed by atoms with E-state index in [1.807, 2.05) is 6.26 Å². The number of nitrogens with one attached hydrogen (secondary N) is 1. The molecule has 3 heterocycles. The molecule has 0 atom stereocenters. The number of aromatic amines is 1. The van der Waals surface area contributed by atoms with Gasteiger partial charge in [-0.05, 0) is 12.3 Å². The van der Waals surface area contributed by atoms with Gasteiger partial charge in [-0.2, -0.15) is 5.10 Å². The summed E-state index contributed by atoms with van der Waals surface area (Å²) in [7, 11) is 2.59. The van der Waals surface area contributed by atoms with Gasteiger partial charge in [-0.1, -0.05) is 11.8 Å². The van der Waals surface area contributed by atoms with Crippen LogP contribution in [-0.2, 0) is 0 Å². The Bertz CT molecular complexity index is 1170. The first-order chi connectivity index (χ1) is 14.1. The van der Waals surface area contributed by atoms with Gasteiger partial charge >= 0.3 is 0 Å². The molecule has 0 fully saturated rings. The molecule has 0 spiro atoms. The number of pyridine rings is 1. The molecular weight excluding hydrogens is 400 g/mol. The van der Waals surface area contributed by atoms with Crippen LogP contribution in [0.2, 0.25) is 0 Å². The normalized spacial score (nSPS) is 11.1. The molecule has 0 aliphatic heterocycles. The van der Waals surface area contributed by atoms with Crippen molar-refractivity contribution >= 4 is 22.7 Å². The number of ether oxygens (including phenoxy) is 2. The number of fused-ring (bicyclic) bond motifs is 1. The van der Waals surface area contributed by atoms with Crippen molar-refractivity contribution in [2.24, 2.45) is 0 Å². The molecule has 3 aromatic heterocycles. The molecule has 0 bridgehead atoms. The zero-order valence-electron chi connectivity index (χ0n) is 15.7. The molecule has 0 saturated carbocycles. The number of hydrogen-bond acceptors (Lipinski definition) is 7. The number of benzene rings is 1. The van der Waals surface area contributed by atoms with Gasteiger partial charge in [0.15, 0.2) is 28.3 Å². The minimum absolute atomic E-state index is 0.0569. The second-order valence-corrected chi connectivity index (χ2v) is 6.70. The zero-order valence-corrected chi connectivity index (χ0v) is 16.5. The second-order valence-electron chi connectivity index (χ2n) is 5.92. The van der Waals surface area contributed by atoms with E-state index in [0.717, 1.165) is 6.07 Å². The maximum absolute atomic E-state index is 15.0.